The number of halogens is 1. The Labute approximate surface area is 322 Å². The summed E-state index contributed by atoms with van der Waals surface area (Å²) in [5, 5.41) is 11.0. The molecule has 0 saturated carbocycles. The second kappa shape index (κ2) is 20.9. The number of carbonyl (C=O) groups excluding carboxylic acids is 8. The van der Waals surface area contributed by atoms with Crippen molar-refractivity contribution in [3.05, 3.63) is 89.5 Å². The van der Waals surface area contributed by atoms with Gasteiger partial charge in [-0.25, -0.2) is 0 Å². The average Bonchev–Trinajstić information content (AvgIpc) is 3.14. The fourth-order valence-electron chi connectivity index (χ4n) is 5.46. The van der Waals surface area contributed by atoms with Crippen LogP contribution in [-0.4, -0.2) is 103 Å². The number of rotatable bonds is 6. The van der Waals surface area contributed by atoms with E-state index in [0.29, 0.717) is 31.5 Å². The number of ketones is 3. The molecule has 16 heteroatoms. The normalized spacial score (nSPS) is 13.6. The summed E-state index contributed by atoms with van der Waals surface area (Å²) >= 11 is 4.81. The van der Waals surface area contributed by atoms with E-state index in [0.717, 1.165) is 28.1 Å². The predicted molar refractivity (Wildman–Crippen MR) is 202 cm³/mol. The third-order valence-electron chi connectivity index (χ3n) is 8.11. The summed E-state index contributed by atoms with van der Waals surface area (Å²) < 4.78 is 4.12. The SMILES string of the molecule is CN(C)C(=O)CC(=O)N1CC(=O)Cc2ccccc21.COC(=O)CC(=O)Cl.O=C(O)CC(=O)N1CC(=O)Cc2ccccc21.O=C1CNc2ccccc2C1. The number of benzene rings is 3. The van der Waals surface area contributed by atoms with Gasteiger partial charge in [-0.2, -0.15) is 0 Å². The molecule has 0 unspecified atom stereocenters. The summed E-state index contributed by atoms with van der Waals surface area (Å²) in [6.45, 7) is 0.497. The van der Waals surface area contributed by atoms with E-state index in [4.69, 9.17) is 16.7 Å². The molecule has 15 nitrogen and oxygen atoms in total. The van der Waals surface area contributed by atoms with Crippen LogP contribution in [0.15, 0.2) is 72.8 Å². The smallest absolute Gasteiger partial charge is 0.314 e. The molecule has 0 saturated heterocycles. The van der Waals surface area contributed by atoms with Gasteiger partial charge in [-0.15, -0.1) is 0 Å². The molecule has 3 heterocycles. The van der Waals surface area contributed by atoms with Crippen LogP contribution >= 0.6 is 11.6 Å². The first-order chi connectivity index (χ1) is 26.1. The molecule has 0 bridgehead atoms. The minimum absolute atomic E-state index is 0.00986. The summed E-state index contributed by atoms with van der Waals surface area (Å²) in [6, 6.07) is 22.3. The minimum atomic E-state index is -1.19. The van der Waals surface area contributed by atoms with Gasteiger partial charge in [0, 0.05) is 50.4 Å². The van der Waals surface area contributed by atoms with Crippen molar-refractivity contribution in [1.82, 2.24) is 4.90 Å². The molecule has 0 aliphatic carbocycles. The van der Waals surface area contributed by atoms with E-state index in [-0.39, 0.29) is 55.1 Å². The Hall–Kier alpha value is -6.22. The lowest BCUT2D eigenvalue weighted by Gasteiger charge is -2.28. The highest BCUT2D eigenvalue weighted by Crippen LogP contribution is 2.27. The molecule has 3 aromatic rings. The third kappa shape index (κ3) is 13.6. The van der Waals surface area contributed by atoms with Crippen molar-refractivity contribution < 1.29 is 53.0 Å². The topological polar surface area (TPSA) is 205 Å². The highest BCUT2D eigenvalue weighted by Gasteiger charge is 2.29. The van der Waals surface area contributed by atoms with E-state index < -0.39 is 29.5 Å². The van der Waals surface area contributed by atoms with E-state index >= 15 is 0 Å². The standard InChI is InChI=1S/C14H16N2O3.C12H11NO4.C9H9NO.C4H5ClO3/c1-15(2)13(18)8-14(19)16-9-11(17)7-10-5-3-4-6-12(10)16;14-9-5-8-3-1-2-4-10(8)13(7-9)11(15)6-12(16)17;11-8-5-7-3-1-2-4-9(7)10-6-8;1-8-4(7)2-3(5)6/h3-6H,7-9H2,1-2H3;1-4H,5-7H2,(H,16,17);1-4,10H,5-6H2;2H2,1H3. The van der Waals surface area contributed by atoms with Crippen LogP contribution in [0.3, 0.4) is 0 Å². The number of methoxy groups -OCH3 is 1. The van der Waals surface area contributed by atoms with Gasteiger partial charge in [-0.3, -0.25) is 43.2 Å². The fourth-order valence-corrected chi connectivity index (χ4v) is 5.57. The van der Waals surface area contributed by atoms with Crippen LogP contribution in [-0.2, 0) is 67.2 Å². The molecule has 6 rings (SSSR count). The number of esters is 1. The molecule has 0 atom stereocenters. The Morgan fingerprint density at radius 2 is 1.15 bits per heavy atom. The van der Waals surface area contributed by atoms with E-state index in [1.54, 1.807) is 44.4 Å². The first-order valence-corrected chi connectivity index (χ1v) is 17.3. The van der Waals surface area contributed by atoms with Crippen LogP contribution in [0.1, 0.15) is 36.0 Å². The van der Waals surface area contributed by atoms with Crippen LogP contribution in [0, 0.1) is 0 Å². The van der Waals surface area contributed by atoms with Crippen molar-refractivity contribution in [2.45, 2.75) is 38.5 Å². The maximum absolute atomic E-state index is 12.1. The van der Waals surface area contributed by atoms with E-state index in [9.17, 15) is 43.2 Å². The van der Waals surface area contributed by atoms with E-state index in [1.165, 1.54) is 21.8 Å². The molecule has 0 fully saturated rings. The minimum Gasteiger partial charge on any atom is -0.481 e. The number of nitrogens with zero attached hydrogens (tertiary/aromatic N) is 3. The lowest BCUT2D eigenvalue weighted by atomic mass is 10.0. The Morgan fingerprint density at radius 3 is 1.60 bits per heavy atom. The molecule has 0 aromatic heterocycles. The Kier molecular flexibility index (Phi) is 16.4. The second-order valence-corrected chi connectivity index (χ2v) is 12.9. The zero-order chi connectivity index (χ0) is 40.7. The quantitative estimate of drug-likeness (QED) is 0.211. The van der Waals surface area contributed by atoms with Crippen molar-refractivity contribution in [2.24, 2.45) is 0 Å². The number of aliphatic carboxylic acids is 1. The first-order valence-electron chi connectivity index (χ1n) is 16.9. The number of amides is 3. The van der Waals surface area contributed by atoms with Crippen molar-refractivity contribution in [3.63, 3.8) is 0 Å². The summed E-state index contributed by atoms with van der Waals surface area (Å²) in [7, 11) is 4.40. The van der Waals surface area contributed by atoms with Gasteiger partial charge in [0.15, 0.2) is 17.3 Å². The van der Waals surface area contributed by atoms with Gasteiger partial charge >= 0.3 is 11.9 Å². The molecule has 55 heavy (non-hydrogen) atoms. The highest BCUT2D eigenvalue weighted by molar-refractivity contribution is 6.64. The van der Waals surface area contributed by atoms with Crippen molar-refractivity contribution in [3.8, 4) is 0 Å². The zero-order valence-corrected chi connectivity index (χ0v) is 31.3. The van der Waals surface area contributed by atoms with Gasteiger partial charge in [0.05, 0.1) is 26.7 Å². The molecule has 0 spiro atoms. The van der Waals surface area contributed by atoms with Gasteiger partial charge in [0.1, 0.15) is 19.3 Å². The monoisotopic (exact) mass is 776 g/mol. The number of para-hydroxylation sites is 3. The van der Waals surface area contributed by atoms with Gasteiger partial charge in [0.2, 0.25) is 23.0 Å². The Balaban J connectivity index is 0.000000207. The number of ether oxygens (including phenoxy) is 1. The molecule has 3 aromatic carbocycles. The number of nitrogens with one attached hydrogen (secondary N) is 1. The van der Waals surface area contributed by atoms with Crippen LogP contribution in [0.25, 0.3) is 0 Å². The lowest BCUT2D eigenvalue weighted by molar-refractivity contribution is -0.143. The maximum atomic E-state index is 12.1. The molecular weight excluding hydrogens is 736 g/mol. The molecule has 2 N–H and O–H groups in total. The summed E-state index contributed by atoms with van der Waals surface area (Å²) in [4.78, 5) is 104. The van der Waals surface area contributed by atoms with Crippen molar-refractivity contribution in [2.75, 3.05) is 56.0 Å². The average molecular weight is 777 g/mol. The van der Waals surface area contributed by atoms with Crippen molar-refractivity contribution in [1.29, 1.82) is 0 Å². The van der Waals surface area contributed by atoms with Gasteiger partial charge in [-0.1, -0.05) is 54.6 Å². The van der Waals surface area contributed by atoms with E-state index in [1.807, 2.05) is 42.5 Å². The number of fused-ring (bicyclic) bond motifs is 3. The van der Waals surface area contributed by atoms with Gasteiger partial charge in [0.25, 0.3) is 0 Å². The molecule has 3 amide bonds. The molecule has 3 aliphatic rings. The summed E-state index contributed by atoms with van der Waals surface area (Å²) in [6.07, 6.45) is 0.0755. The number of anilines is 3. The highest BCUT2D eigenvalue weighted by atomic mass is 35.5. The predicted octanol–water partition coefficient (Wildman–Crippen LogP) is 2.78. The summed E-state index contributed by atoms with van der Waals surface area (Å²) in [5.41, 5.74) is 5.19. The number of hydrogen-bond acceptors (Lipinski definition) is 11. The molecule has 290 valence electrons. The fraction of sp³-hybridized carbons (Fsp3) is 0.308. The number of carbonyl (C=O) groups is 9. The summed E-state index contributed by atoms with van der Waals surface area (Å²) in [5.74, 6) is -2.77. The van der Waals surface area contributed by atoms with Crippen LogP contribution in [0.4, 0.5) is 17.1 Å². The second-order valence-electron chi connectivity index (χ2n) is 12.5. The molecular formula is C39H41ClN4O11. The third-order valence-corrected chi connectivity index (χ3v) is 8.24. The van der Waals surface area contributed by atoms with Crippen LogP contribution < -0.4 is 15.1 Å². The Bertz CT molecular complexity index is 1960. The van der Waals surface area contributed by atoms with Gasteiger partial charge in [-0.05, 0) is 46.5 Å². The number of hydrogen-bond donors (Lipinski definition) is 2. The van der Waals surface area contributed by atoms with Gasteiger partial charge < -0.3 is 29.9 Å². The molecule has 3 aliphatic heterocycles. The largest absolute Gasteiger partial charge is 0.481 e. The maximum Gasteiger partial charge on any atom is 0.314 e. The first kappa shape index (κ1) is 43.2. The van der Waals surface area contributed by atoms with Crippen LogP contribution in [0.2, 0.25) is 0 Å². The van der Waals surface area contributed by atoms with E-state index in [2.05, 4.69) is 10.1 Å². The molecule has 0 radical (unpaired) electrons. The lowest BCUT2D eigenvalue weighted by Crippen LogP contribution is -2.42. The Morgan fingerprint density at radius 1 is 0.691 bits per heavy atom. The number of carboxylic acid groups (broad SMARTS) is 1. The number of carboxylic acids is 1. The van der Waals surface area contributed by atoms with Crippen molar-refractivity contribution >= 4 is 80.9 Å². The van der Waals surface area contributed by atoms with Crippen LogP contribution in [0.5, 0.6) is 0 Å². The zero-order valence-electron chi connectivity index (χ0n) is 30.5. The number of Topliss-reactive ketones (excluding diaryl/α,β-unsaturated/α-hetero) is 3.